The largest absolute Gasteiger partial charge is 0.453 e. The number of carbonyl (C=O) groups excluding carboxylic acids is 2. The summed E-state index contributed by atoms with van der Waals surface area (Å²) in [5.41, 5.74) is 3.21. The predicted molar refractivity (Wildman–Crippen MR) is 109 cm³/mol. The summed E-state index contributed by atoms with van der Waals surface area (Å²) in [6.45, 7) is -0.692. The smallest absolute Gasteiger partial charge is 0.409 e. The van der Waals surface area contributed by atoms with E-state index in [0.29, 0.717) is 4.47 Å². The summed E-state index contributed by atoms with van der Waals surface area (Å²) in [6.07, 6.45) is -3.65. The number of nitrogens with one attached hydrogen (secondary N) is 2. The van der Waals surface area contributed by atoms with Crippen molar-refractivity contribution in [2.24, 2.45) is 5.73 Å². The van der Waals surface area contributed by atoms with E-state index in [2.05, 4.69) is 36.3 Å². The van der Waals surface area contributed by atoms with Crippen molar-refractivity contribution in [3.05, 3.63) is 58.1 Å². The Balaban J connectivity index is 1.96. The molecule has 1 saturated heterocycles. The van der Waals surface area contributed by atoms with Crippen LogP contribution < -0.4 is 16.4 Å². The molecule has 0 spiro atoms. The number of nitrogens with two attached hydrogens (primary N) is 1. The van der Waals surface area contributed by atoms with Crippen molar-refractivity contribution in [3.8, 4) is 0 Å². The van der Waals surface area contributed by atoms with Gasteiger partial charge in [-0.15, -0.1) is 0 Å². The highest BCUT2D eigenvalue weighted by molar-refractivity contribution is 9.10. The number of benzene rings is 1. The Labute approximate surface area is 184 Å². The highest BCUT2D eigenvalue weighted by Gasteiger charge is 2.50. The Hall–Kier alpha value is -2.70. The van der Waals surface area contributed by atoms with E-state index in [0.717, 1.165) is 24.1 Å². The molecular weight excluding hydrogens is 483 g/mol. The zero-order valence-electron chi connectivity index (χ0n) is 16.2. The van der Waals surface area contributed by atoms with Crippen molar-refractivity contribution in [3.63, 3.8) is 0 Å². The lowest BCUT2D eigenvalue weighted by Gasteiger charge is -2.45. The van der Waals surface area contributed by atoms with E-state index >= 15 is 0 Å². The maximum absolute atomic E-state index is 14.7. The molecule has 1 aliphatic heterocycles. The molecule has 12 heteroatoms. The van der Waals surface area contributed by atoms with E-state index in [9.17, 15) is 22.8 Å². The molecule has 2 aromatic rings. The quantitative estimate of drug-likeness (QED) is 0.594. The summed E-state index contributed by atoms with van der Waals surface area (Å²) in [4.78, 5) is 29.3. The molecule has 2 atom stereocenters. The van der Waals surface area contributed by atoms with Crippen LogP contribution in [0.1, 0.15) is 16.1 Å². The first-order chi connectivity index (χ1) is 14.7. The van der Waals surface area contributed by atoms with E-state index in [1.807, 2.05) is 0 Å². The second-order valence-electron chi connectivity index (χ2n) is 6.88. The number of rotatable bonds is 4. The second kappa shape index (κ2) is 9.20. The molecule has 2 amide bonds. The molecule has 8 nitrogen and oxygen atoms in total. The fourth-order valence-corrected chi connectivity index (χ4v) is 3.59. The molecule has 1 aromatic carbocycles. The van der Waals surface area contributed by atoms with Gasteiger partial charge in [-0.2, -0.15) is 0 Å². The summed E-state index contributed by atoms with van der Waals surface area (Å²) in [7, 11) is 1.10. The highest BCUT2D eigenvalue weighted by atomic mass is 79.9. The fourth-order valence-electron chi connectivity index (χ4n) is 3.36. The molecule has 0 aliphatic carbocycles. The van der Waals surface area contributed by atoms with Gasteiger partial charge in [0.2, 0.25) is 0 Å². The van der Waals surface area contributed by atoms with Gasteiger partial charge < -0.3 is 20.7 Å². The number of piperazine rings is 1. The van der Waals surface area contributed by atoms with Gasteiger partial charge in [0.05, 0.1) is 26.4 Å². The van der Waals surface area contributed by atoms with Crippen molar-refractivity contribution < 1.29 is 27.5 Å². The monoisotopic (exact) mass is 501 g/mol. The Bertz CT molecular complexity index is 979. The van der Waals surface area contributed by atoms with Crippen LogP contribution in [0.3, 0.4) is 0 Å². The molecule has 1 aliphatic rings. The normalized spacial score (nSPS) is 21.1. The number of hydrogen-bond acceptors (Lipinski definition) is 6. The summed E-state index contributed by atoms with van der Waals surface area (Å²) in [6, 6.07) is 6.34. The van der Waals surface area contributed by atoms with E-state index in [4.69, 9.17) is 5.73 Å². The first-order valence-electron chi connectivity index (χ1n) is 9.03. The Kier molecular flexibility index (Phi) is 6.82. The number of carbonyl (C=O) groups is 2. The van der Waals surface area contributed by atoms with Gasteiger partial charge in [-0.1, -0.05) is 0 Å². The molecule has 1 fully saturated rings. The number of amides is 2. The van der Waals surface area contributed by atoms with Crippen molar-refractivity contribution in [1.82, 2.24) is 15.2 Å². The average molecular weight is 502 g/mol. The van der Waals surface area contributed by atoms with Crippen LogP contribution in [-0.4, -0.2) is 54.7 Å². The molecule has 166 valence electrons. The Morgan fingerprint density at radius 3 is 2.74 bits per heavy atom. The maximum atomic E-state index is 14.7. The van der Waals surface area contributed by atoms with Gasteiger partial charge in [0, 0.05) is 21.9 Å². The van der Waals surface area contributed by atoms with Crippen LogP contribution >= 0.6 is 15.9 Å². The average Bonchev–Trinajstić information content (AvgIpc) is 2.74. The van der Waals surface area contributed by atoms with Gasteiger partial charge in [-0.3, -0.25) is 10.1 Å². The molecular formula is C19H19BrF3N5O3. The zero-order valence-corrected chi connectivity index (χ0v) is 17.8. The minimum Gasteiger partial charge on any atom is -0.453 e. The summed E-state index contributed by atoms with van der Waals surface area (Å²) in [5, 5.41) is 5.03. The van der Waals surface area contributed by atoms with Crippen molar-refractivity contribution in [2.75, 3.05) is 25.5 Å². The minimum absolute atomic E-state index is 0.0664. The maximum Gasteiger partial charge on any atom is 0.409 e. The van der Waals surface area contributed by atoms with Crippen LogP contribution in [0.2, 0.25) is 0 Å². The van der Waals surface area contributed by atoms with Crippen LogP contribution in [0.4, 0.5) is 23.7 Å². The number of methoxy groups -OCH3 is 1. The van der Waals surface area contributed by atoms with E-state index < -0.39 is 48.1 Å². The summed E-state index contributed by atoms with van der Waals surface area (Å²) in [5.74, 6) is -1.56. The zero-order chi connectivity index (χ0) is 22.8. The number of ether oxygens (including phenoxy) is 1. The third kappa shape index (κ3) is 4.81. The number of alkyl halides is 2. The van der Waals surface area contributed by atoms with Crippen molar-refractivity contribution >= 4 is 33.6 Å². The first kappa shape index (κ1) is 23.0. The molecule has 1 aromatic heterocycles. The fraction of sp³-hybridized carbons (Fsp3) is 0.316. The first-order valence-corrected chi connectivity index (χ1v) is 9.83. The minimum atomic E-state index is -3.14. The summed E-state index contributed by atoms with van der Waals surface area (Å²) >= 11 is 3.21. The molecule has 0 saturated carbocycles. The number of halogens is 4. The van der Waals surface area contributed by atoms with Gasteiger partial charge in [0.15, 0.2) is 0 Å². The standard InChI is InChI=1S/C19H19BrF3N5O3/c1-31-18(30)28-8-15(24)27-19(9-28,17(22)23)12-6-11(3-4-13(12)21)26-16(29)14-5-2-10(20)7-25-14/h2-7,15,17,27H,8-9,24H2,1H3,(H,26,29). The highest BCUT2D eigenvalue weighted by Crippen LogP contribution is 2.35. The molecule has 2 unspecified atom stereocenters. The third-order valence-corrected chi connectivity index (χ3v) is 5.24. The molecule has 2 heterocycles. The van der Waals surface area contributed by atoms with Crippen LogP contribution in [-0.2, 0) is 10.3 Å². The van der Waals surface area contributed by atoms with Gasteiger partial charge in [0.1, 0.15) is 17.1 Å². The van der Waals surface area contributed by atoms with Crippen LogP contribution in [0, 0.1) is 5.82 Å². The number of aromatic nitrogens is 1. The lowest BCUT2D eigenvalue weighted by Crippen LogP contribution is -2.69. The van der Waals surface area contributed by atoms with E-state index in [1.165, 1.54) is 18.3 Å². The van der Waals surface area contributed by atoms with Gasteiger partial charge in [-0.25, -0.2) is 22.9 Å². The topological polar surface area (TPSA) is 110 Å². The molecule has 0 radical (unpaired) electrons. The summed E-state index contributed by atoms with van der Waals surface area (Å²) < 4.78 is 48.6. The van der Waals surface area contributed by atoms with Crippen LogP contribution in [0.15, 0.2) is 41.0 Å². The van der Waals surface area contributed by atoms with Gasteiger partial charge >= 0.3 is 6.09 Å². The third-order valence-electron chi connectivity index (χ3n) is 4.77. The molecule has 4 N–H and O–H groups in total. The Morgan fingerprint density at radius 1 is 1.39 bits per heavy atom. The van der Waals surface area contributed by atoms with E-state index in [-0.39, 0.29) is 17.9 Å². The number of pyridine rings is 1. The van der Waals surface area contributed by atoms with E-state index in [1.54, 1.807) is 6.07 Å². The SMILES string of the molecule is COC(=O)N1CC(N)NC(c2cc(NC(=O)c3ccc(Br)cn3)ccc2F)(C(F)F)C1. The van der Waals surface area contributed by atoms with Crippen molar-refractivity contribution in [1.29, 1.82) is 0 Å². The number of anilines is 1. The Morgan fingerprint density at radius 2 is 2.13 bits per heavy atom. The lowest BCUT2D eigenvalue weighted by atomic mass is 9.86. The van der Waals surface area contributed by atoms with Crippen LogP contribution in [0.5, 0.6) is 0 Å². The van der Waals surface area contributed by atoms with Crippen LogP contribution in [0.25, 0.3) is 0 Å². The van der Waals surface area contributed by atoms with Gasteiger partial charge in [-0.05, 0) is 46.3 Å². The molecule has 31 heavy (non-hydrogen) atoms. The molecule has 3 rings (SSSR count). The van der Waals surface area contributed by atoms with Gasteiger partial charge in [0.25, 0.3) is 12.3 Å². The second-order valence-corrected chi connectivity index (χ2v) is 7.80. The van der Waals surface area contributed by atoms with Crippen molar-refractivity contribution in [2.45, 2.75) is 18.1 Å². The lowest BCUT2D eigenvalue weighted by molar-refractivity contribution is -0.0282. The molecule has 0 bridgehead atoms. The predicted octanol–water partition coefficient (Wildman–Crippen LogP) is 2.65. The number of hydrogen-bond donors (Lipinski definition) is 3. The number of nitrogens with zero attached hydrogens (tertiary/aromatic N) is 2.